The summed E-state index contributed by atoms with van der Waals surface area (Å²) in [5, 5.41) is 12.3. The molecule has 0 amide bonds. The molecule has 0 saturated heterocycles. The number of rotatable bonds is 9. The fourth-order valence-corrected chi connectivity index (χ4v) is 8.64. The van der Waals surface area contributed by atoms with Gasteiger partial charge in [-0.25, -0.2) is 9.59 Å². The van der Waals surface area contributed by atoms with E-state index in [-0.39, 0.29) is 24.8 Å². The summed E-state index contributed by atoms with van der Waals surface area (Å²) in [6.45, 7) is 15.0. The van der Waals surface area contributed by atoms with E-state index in [0.717, 1.165) is 5.56 Å². The van der Waals surface area contributed by atoms with Crippen LogP contribution in [0, 0.1) is 16.7 Å². The summed E-state index contributed by atoms with van der Waals surface area (Å²) in [4.78, 5) is 65.6. The van der Waals surface area contributed by atoms with Crippen molar-refractivity contribution >= 4 is 35.9 Å². The standard InChI is InChI=1S/C42H48O11/c1-24-31-22-42(40(6,7)48)23-33(49-26(3)43)25(2)36(42)37(53-39(47)30-17-13-10-14-18-30)38(51-28(5)45)41(31,8)34(50-27(4)44)21-32(24)52-35(46)20-19-29-15-11-9-12-16-29/h9-20,31-34,37-38,48H,1,21-23H2,2-8H3/b20-19+/t31-,32+,33+,34+,37-,38+,41+,42+/m1/s1. The molecule has 1 N–H and O–H groups in total. The van der Waals surface area contributed by atoms with Gasteiger partial charge in [0.2, 0.25) is 0 Å². The van der Waals surface area contributed by atoms with Gasteiger partial charge in [0, 0.05) is 45.1 Å². The third kappa shape index (κ3) is 7.71. The minimum atomic E-state index is -1.57. The second-order valence-corrected chi connectivity index (χ2v) is 15.0. The molecule has 3 aliphatic carbocycles. The molecule has 0 aliphatic heterocycles. The first-order chi connectivity index (χ1) is 24.9. The molecule has 11 heteroatoms. The average Bonchev–Trinajstić information content (AvgIpc) is 3.32. The lowest BCUT2D eigenvalue weighted by molar-refractivity contribution is -0.197. The Labute approximate surface area is 310 Å². The van der Waals surface area contributed by atoms with E-state index < -0.39 is 82.7 Å². The van der Waals surface area contributed by atoms with Gasteiger partial charge in [0.15, 0.2) is 12.2 Å². The molecule has 3 aliphatic rings. The number of carbonyl (C=O) groups is 5. The third-order valence-corrected chi connectivity index (χ3v) is 11.2. The predicted octanol–water partition coefficient (Wildman–Crippen LogP) is 6.10. The van der Waals surface area contributed by atoms with Gasteiger partial charge in [0.05, 0.1) is 16.6 Å². The Bertz CT molecular complexity index is 1820. The van der Waals surface area contributed by atoms with Crippen LogP contribution >= 0.6 is 0 Å². The minimum absolute atomic E-state index is 0.0446. The Morgan fingerprint density at radius 1 is 0.811 bits per heavy atom. The molecule has 0 unspecified atom stereocenters. The SMILES string of the molecule is C=C1[C@@H](OC(=O)/C=C/c2ccccc2)C[C@H](OC(C)=O)[C@]2(C)[C@@H]1C[C@]1(C(C)(C)O)C[C@H](OC(C)=O)C(C)=C1[C@@H](OC(=O)c1ccccc1)[C@@H]2OC(C)=O. The lowest BCUT2D eigenvalue weighted by Crippen LogP contribution is -2.60. The van der Waals surface area contributed by atoms with Crippen molar-refractivity contribution < 1.29 is 52.8 Å². The Morgan fingerprint density at radius 2 is 1.40 bits per heavy atom. The number of hydrogen-bond donors (Lipinski definition) is 1. The Balaban J connectivity index is 1.72. The van der Waals surface area contributed by atoms with E-state index in [0.29, 0.717) is 16.7 Å². The lowest BCUT2D eigenvalue weighted by atomic mass is 9.56. The molecule has 282 valence electrons. The highest BCUT2D eigenvalue weighted by Gasteiger charge is 2.69. The van der Waals surface area contributed by atoms with E-state index in [1.807, 2.05) is 30.3 Å². The largest absolute Gasteiger partial charge is 0.462 e. The zero-order valence-corrected chi connectivity index (χ0v) is 31.3. The van der Waals surface area contributed by atoms with E-state index >= 15 is 0 Å². The summed E-state index contributed by atoms with van der Waals surface area (Å²) in [6.07, 6.45) is -2.48. The van der Waals surface area contributed by atoms with Gasteiger partial charge < -0.3 is 28.8 Å². The molecule has 5 rings (SSSR count). The monoisotopic (exact) mass is 728 g/mol. The zero-order valence-electron chi connectivity index (χ0n) is 31.3. The highest BCUT2D eigenvalue weighted by Crippen LogP contribution is 2.65. The van der Waals surface area contributed by atoms with Gasteiger partial charge in [0.1, 0.15) is 18.3 Å². The first-order valence-corrected chi connectivity index (χ1v) is 17.7. The summed E-state index contributed by atoms with van der Waals surface area (Å²) in [6, 6.07) is 17.5. The van der Waals surface area contributed by atoms with E-state index in [1.165, 1.54) is 26.8 Å². The Morgan fingerprint density at radius 3 is 1.96 bits per heavy atom. The molecule has 2 fully saturated rings. The van der Waals surface area contributed by atoms with Gasteiger partial charge in [-0.3, -0.25) is 14.4 Å². The smallest absolute Gasteiger partial charge is 0.338 e. The third-order valence-electron chi connectivity index (χ3n) is 11.2. The van der Waals surface area contributed by atoms with Crippen LogP contribution in [0.2, 0.25) is 0 Å². The van der Waals surface area contributed by atoms with Crippen molar-refractivity contribution in [2.45, 2.75) is 104 Å². The molecule has 2 aromatic carbocycles. The number of fused-ring (bicyclic) bond motifs is 2. The van der Waals surface area contributed by atoms with Gasteiger partial charge in [-0.1, -0.05) is 62.0 Å². The molecule has 0 spiro atoms. The number of ether oxygens (including phenoxy) is 5. The molecule has 8 atom stereocenters. The molecule has 11 nitrogen and oxygen atoms in total. The van der Waals surface area contributed by atoms with Crippen LogP contribution < -0.4 is 0 Å². The number of benzene rings is 2. The second kappa shape index (κ2) is 15.1. The highest BCUT2D eigenvalue weighted by atomic mass is 16.6. The zero-order chi connectivity index (χ0) is 38.9. The average molecular weight is 729 g/mol. The second-order valence-electron chi connectivity index (χ2n) is 15.0. The highest BCUT2D eigenvalue weighted by molar-refractivity contribution is 5.90. The van der Waals surface area contributed by atoms with Gasteiger partial charge >= 0.3 is 29.8 Å². The molecule has 0 heterocycles. The first-order valence-electron chi connectivity index (χ1n) is 17.7. The molecular formula is C42H48O11. The number of esters is 5. The summed E-state index contributed by atoms with van der Waals surface area (Å²) < 4.78 is 30.4. The normalized spacial score (nSPS) is 29.7. The van der Waals surface area contributed by atoms with E-state index in [4.69, 9.17) is 23.7 Å². The number of carbonyl (C=O) groups excluding carboxylic acids is 5. The molecule has 2 saturated carbocycles. The predicted molar refractivity (Wildman–Crippen MR) is 194 cm³/mol. The van der Waals surface area contributed by atoms with Crippen LogP contribution in [0.5, 0.6) is 0 Å². The van der Waals surface area contributed by atoms with Crippen LogP contribution in [0.3, 0.4) is 0 Å². The number of hydrogen-bond acceptors (Lipinski definition) is 11. The maximum absolute atomic E-state index is 14.0. The molecule has 0 aromatic heterocycles. The van der Waals surface area contributed by atoms with Gasteiger partial charge in [-0.05, 0) is 73.6 Å². The van der Waals surface area contributed by atoms with Crippen molar-refractivity contribution in [1.29, 1.82) is 0 Å². The van der Waals surface area contributed by atoms with Gasteiger partial charge in [0.25, 0.3) is 0 Å². The van der Waals surface area contributed by atoms with Crippen molar-refractivity contribution in [2.24, 2.45) is 16.7 Å². The van der Waals surface area contributed by atoms with Crippen LogP contribution in [0.1, 0.15) is 83.7 Å². The Kier molecular flexibility index (Phi) is 11.2. The summed E-state index contributed by atoms with van der Waals surface area (Å²) in [5.74, 6) is -4.06. The minimum Gasteiger partial charge on any atom is -0.462 e. The van der Waals surface area contributed by atoms with Crippen molar-refractivity contribution in [2.75, 3.05) is 0 Å². The fraction of sp³-hybridized carbons (Fsp3) is 0.452. The van der Waals surface area contributed by atoms with Crippen molar-refractivity contribution in [3.8, 4) is 0 Å². The maximum atomic E-state index is 14.0. The van der Waals surface area contributed by atoms with Crippen LogP contribution in [-0.2, 0) is 42.9 Å². The molecule has 2 aromatic rings. The van der Waals surface area contributed by atoms with Crippen molar-refractivity contribution in [1.82, 2.24) is 0 Å². The van der Waals surface area contributed by atoms with Gasteiger partial charge in [-0.2, -0.15) is 0 Å². The summed E-state index contributed by atoms with van der Waals surface area (Å²) >= 11 is 0. The van der Waals surface area contributed by atoms with Crippen molar-refractivity contribution in [3.63, 3.8) is 0 Å². The maximum Gasteiger partial charge on any atom is 0.338 e. The van der Waals surface area contributed by atoms with Crippen LogP contribution in [0.15, 0.2) is 90.0 Å². The van der Waals surface area contributed by atoms with Crippen LogP contribution in [0.4, 0.5) is 0 Å². The summed E-state index contributed by atoms with van der Waals surface area (Å²) in [5.41, 5.74) is -1.82. The van der Waals surface area contributed by atoms with Gasteiger partial charge in [-0.15, -0.1) is 0 Å². The van der Waals surface area contributed by atoms with E-state index in [2.05, 4.69) is 6.58 Å². The topological polar surface area (TPSA) is 152 Å². The molecular weight excluding hydrogens is 680 g/mol. The fourth-order valence-electron chi connectivity index (χ4n) is 8.64. The lowest BCUT2D eigenvalue weighted by Gasteiger charge is -2.53. The quantitative estimate of drug-likeness (QED) is 0.138. The van der Waals surface area contributed by atoms with Crippen LogP contribution in [-0.4, -0.2) is 71.1 Å². The van der Waals surface area contributed by atoms with E-state index in [1.54, 1.807) is 64.1 Å². The Hall–Kier alpha value is -5.03. The van der Waals surface area contributed by atoms with Crippen molar-refractivity contribution in [3.05, 3.63) is 101 Å². The number of aliphatic hydroxyl groups is 1. The first kappa shape index (κ1) is 39.2. The van der Waals surface area contributed by atoms with Crippen LogP contribution in [0.25, 0.3) is 6.08 Å². The summed E-state index contributed by atoms with van der Waals surface area (Å²) in [7, 11) is 0. The molecule has 53 heavy (non-hydrogen) atoms. The molecule has 0 radical (unpaired) electrons. The van der Waals surface area contributed by atoms with E-state index in [9.17, 15) is 29.1 Å². The molecule has 0 bridgehead atoms.